The molecule has 218 valence electrons. The van der Waals surface area contributed by atoms with E-state index >= 15 is 0 Å². The number of carbonyl (C=O) groups is 2. The number of nitrogens with two attached hydrogens (primary N) is 1. The molecule has 1 aromatic heterocycles. The number of fused-ring (bicyclic) bond motifs is 2. The van der Waals surface area contributed by atoms with Crippen LogP contribution in [0.4, 0.5) is 28.7 Å². The zero-order valence-corrected chi connectivity index (χ0v) is 24.5. The predicted octanol–water partition coefficient (Wildman–Crippen LogP) is 1.72. The molecule has 0 amide bonds. The molecule has 5 rings (SSSR count). The monoisotopic (exact) mass is 586 g/mol. The standard InChI is InChI=1S/C31H34N8O2.ClH/c1-38-19-20-39(2)31(38)37-36-22-13-11-21(12-14-22)33-17-6-18-35-26-10-4-8-24-28(26)30(41)27-23(29(24)40)7-3-9-25(27)34-16-5-15-32;/h3-4,7-14,19-20H,5-6,15-18,32H2,1-2H3,(H2,34,35,41);1H. The van der Waals surface area contributed by atoms with Crippen molar-refractivity contribution < 1.29 is 26.6 Å². The summed E-state index contributed by atoms with van der Waals surface area (Å²) in [5.41, 5.74) is 10.4. The molecule has 1 aliphatic carbocycles. The maximum absolute atomic E-state index is 13.7. The molecule has 42 heavy (non-hydrogen) atoms. The van der Waals surface area contributed by atoms with Crippen LogP contribution >= 0.6 is 0 Å². The summed E-state index contributed by atoms with van der Waals surface area (Å²) in [5, 5.41) is 18.7. The van der Waals surface area contributed by atoms with Gasteiger partial charge in [0.2, 0.25) is 0 Å². The van der Waals surface area contributed by atoms with Crippen molar-refractivity contribution in [1.29, 1.82) is 0 Å². The summed E-state index contributed by atoms with van der Waals surface area (Å²) in [7, 11) is 3.86. The van der Waals surface area contributed by atoms with Crippen LogP contribution in [0.2, 0.25) is 0 Å². The molecule has 0 bridgehead atoms. The van der Waals surface area contributed by atoms with E-state index in [-0.39, 0.29) is 24.0 Å². The number of ketones is 2. The second-order valence-corrected chi connectivity index (χ2v) is 9.96. The molecular formula is C31H35ClN8O2. The Morgan fingerprint density at radius 3 is 1.95 bits per heavy atom. The van der Waals surface area contributed by atoms with Gasteiger partial charge >= 0.3 is 5.95 Å². The third-order valence-electron chi connectivity index (χ3n) is 7.03. The summed E-state index contributed by atoms with van der Waals surface area (Å²) < 4.78 is 3.81. The van der Waals surface area contributed by atoms with Crippen molar-refractivity contribution in [3.8, 4) is 0 Å². The van der Waals surface area contributed by atoms with Crippen molar-refractivity contribution >= 4 is 40.3 Å². The van der Waals surface area contributed by atoms with E-state index in [1.165, 1.54) is 0 Å². The van der Waals surface area contributed by atoms with E-state index in [0.717, 1.165) is 36.7 Å². The minimum absolute atomic E-state index is 0. The first kappa shape index (κ1) is 30.4. The molecule has 0 fully saturated rings. The van der Waals surface area contributed by atoms with Gasteiger partial charge in [0.15, 0.2) is 11.6 Å². The maximum Gasteiger partial charge on any atom is 0.421 e. The second kappa shape index (κ2) is 13.9. The summed E-state index contributed by atoms with van der Waals surface area (Å²) in [4.78, 5) is 27.0. The number of nitrogens with zero attached hydrogens (tertiary/aromatic N) is 4. The Labute approximate surface area is 251 Å². The number of imidazole rings is 1. The van der Waals surface area contributed by atoms with Gasteiger partial charge in [0, 0.05) is 52.9 Å². The van der Waals surface area contributed by atoms with Gasteiger partial charge in [-0.1, -0.05) is 29.4 Å². The molecule has 0 atom stereocenters. The number of nitrogens with one attached hydrogen (secondary N) is 3. The van der Waals surface area contributed by atoms with Crippen LogP contribution in [0.25, 0.3) is 0 Å². The number of benzene rings is 3. The Morgan fingerprint density at radius 2 is 1.38 bits per heavy atom. The number of halogens is 1. The van der Waals surface area contributed by atoms with Gasteiger partial charge in [-0.05, 0) is 55.8 Å². The van der Waals surface area contributed by atoms with E-state index < -0.39 is 0 Å². The van der Waals surface area contributed by atoms with E-state index in [1.54, 1.807) is 18.2 Å². The highest BCUT2D eigenvalue weighted by Crippen LogP contribution is 2.35. The first-order valence-electron chi connectivity index (χ1n) is 13.8. The fourth-order valence-corrected chi connectivity index (χ4v) is 4.88. The minimum Gasteiger partial charge on any atom is -1.00 e. The Balaban J connectivity index is 0.00000405. The zero-order chi connectivity index (χ0) is 28.8. The first-order chi connectivity index (χ1) is 20.0. The van der Waals surface area contributed by atoms with E-state index in [1.807, 2.05) is 78.1 Å². The number of rotatable bonds is 12. The maximum atomic E-state index is 13.7. The number of anilines is 3. The molecule has 4 aromatic rings. The Bertz CT molecular complexity index is 1580. The van der Waals surface area contributed by atoms with E-state index in [0.29, 0.717) is 53.3 Å². The smallest absolute Gasteiger partial charge is 0.421 e. The zero-order valence-electron chi connectivity index (χ0n) is 23.7. The highest BCUT2D eigenvalue weighted by molar-refractivity contribution is 6.31. The number of azo groups is 1. The number of hydrogen-bond acceptors (Lipinski definition) is 8. The molecule has 0 radical (unpaired) electrons. The van der Waals surface area contributed by atoms with Gasteiger partial charge in [0.05, 0.1) is 37.6 Å². The molecule has 0 aliphatic heterocycles. The van der Waals surface area contributed by atoms with Gasteiger partial charge in [0.1, 0.15) is 5.69 Å². The van der Waals surface area contributed by atoms with Crippen molar-refractivity contribution in [2.75, 3.05) is 42.1 Å². The molecular weight excluding hydrogens is 552 g/mol. The van der Waals surface area contributed by atoms with Gasteiger partial charge < -0.3 is 34.1 Å². The van der Waals surface area contributed by atoms with Crippen molar-refractivity contribution in [2.24, 2.45) is 30.1 Å². The molecule has 0 unspecified atom stereocenters. The SMILES string of the molecule is Cn1cc[n+](C)c1N=Nc1ccc(NCCCNc2cccc3c2C(=O)c2c(NCCCN)cccc2C3=O)cc1.[Cl-]. The molecule has 1 heterocycles. The molecule has 10 nitrogen and oxygen atoms in total. The predicted molar refractivity (Wildman–Crippen MR) is 161 cm³/mol. The van der Waals surface area contributed by atoms with Crippen LogP contribution in [0, 0.1) is 0 Å². The third kappa shape index (κ3) is 6.50. The van der Waals surface area contributed by atoms with Crippen molar-refractivity contribution in [3.63, 3.8) is 0 Å². The Hall–Kier alpha value is -4.54. The minimum atomic E-state index is -0.148. The summed E-state index contributed by atoms with van der Waals surface area (Å²) >= 11 is 0. The molecule has 0 saturated carbocycles. The van der Waals surface area contributed by atoms with Crippen LogP contribution in [-0.4, -0.2) is 42.3 Å². The number of carbonyl (C=O) groups excluding carboxylic acids is 2. The number of aromatic nitrogens is 2. The molecule has 11 heteroatoms. The van der Waals surface area contributed by atoms with Gasteiger partial charge in [-0.3, -0.25) is 9.59 Å². The van der Waals surface area contributed by atoms with Crippen LogP contribution in [-0.2, 0) is 14.1 Å². The summed E-state index contributed by atoms with van der Waals surface area (Å²) in [5.74, 6) is 0.474. The summed E-state index contributed by atoms with van der Waals surface area (Å²) in [6.45, 7) is 2.54. The first-order valence-corrected chi connectivity index (χ1v) is 13.8. The third-order valence-corrected chi connectivity index (χ3v) is 7.03. The largest absolute Gasteiger partial charge is 1.00 e. The molecule has 0 saturated heterocycles. The Morgan fingerprint density at radius 1 is 0.786 bits per heavy atom. The second-order valence-electron chi connectivity index (χ2n) is 9.96. The quantitative estimate of drug-likeness (QED) is 0.100. The topological polar surface area (TPSA) is 130 Å². The van der Waals surface area contributed by atoms with Crippen LogP contribution in [0.3, 0.4) is 0 Å². The highest BCUT2D eigenvalue weighted by Gasteiger charge is 2.33. The normalized spacial score (nSPS) is 12.1. The lowest BCUT2D eigenvalue weighted by molar-refractivity contribution is -0.657. The molecule has 5 N–H and O–H groups in total. The lowest BCUT2D eigenvalue weighted by Gasteiger charge is -2.23. The van der Waals surface area contributed by atoms with Gasteiger partial charge in [0.25, 0.3) is 0 Å². The van der Waals surface area contributed by atoms with Crippen LogP contribution in [0.5, 0.6) is 0 Å². The van der Waals surface area contributed by atoms with Crippen LogP contribution < -0.4 is 38.7 Å². The molecule has 1 aliphatic rings. The lowest BCUT2D eigenvalue weighted by atomic mass is 9.82. The number of hydrogen-bond donors (Lipinski definition) is 4. The van der Waals surface area contributed by atoms with E-state index in [4.69, 9.17) is 5.73 Å². The summed E-state index contributed by atoms with van der Waals surface area (Å²) in [6.07, 6.45) is 5.43. The van der Waals surface area contributed by atoms with Crippen molar-refractivity contribution in [2.45, 2.75) is 12.8 Å². The average Bonchev–Trinajstić information content (AvgIpc) is 3.31. The van der Waals surface area contributed by atoms with Crippen LogP contribution in [0.15, 0.2) is 83.3 Å². The number of aryl methyl sites for hydroxylation is 2. The molecule has 0 spiro atoms. The fraction of sp³-hybridized carbons (Fsp3) is 0.258. The Kier molecular flexibility index (Phi) is 10.1. The van der Waals surface area contributed by atoms with Crippen molar-refractivity contribution in [1.82, 2.24) is 4.57 Å². The highest BCUT2D eigenvalue weighted by atomic mass is 35.5. The average molecular weight is 587 g/mol. The van der Waals surface area contributed by atoms with Gasteiger partial charge in [-0.25, -0.2) is 9.13 Å². The lowest BCUT2D eigenvalue weighted by Crippen LogP contribution is -3.00. The van der Waals surface area contributed by atoms with E-state index in [2.05, 4.69) is 26.2 Å². The summed E-state index contributed by atoms with van der Waals surface area (Å²) in [6, 6.07) is 18.5. The van der Waals surface area contributed by atoms with E-state index in [9.17, 15) is 9.59 Å². The fourth-order valence-electron chi connectivity index (χ4n) is 4.88. The van der Waals surface area contributed by atoms with Gasteiger partial charge in [-0.15, -0.1) is 0 Å². The van der Waals surface area contributed by atoms with Crippen molar-refractivity contribution in [3.05, 3.63) is 95.3 Å². The molecule has 3 aromatic carbocycles. The van der Waals surface area contributed by atoms with Gasteiger partial charge in [-0.2, -0.15) is 0 Å². The van der Waals surface area contributed by atoms with Crippen LogP contribution in [0.1, 0.15) is 44.7 Å².